The number of nitrogens with one attached hydrogen (secondary N) is 2. The number of ether oxygens (including phenoxy) is 2. The van der Waals surface area contributed by atoms with Crippen LogP contribution in [0.2, 0.25) is 0 Å². The van der Waals surface area contributed by atoms with Crippen LogP contribution in [0.4, 0.5) is 14.7 Å². The Kier molecular flexibility index (Phi) is 5.38. The lowest BCUT2D eigenvalue weighted by molar-refractivity contribution is -0.286. The number of hydrogen-bond acceptors (Lipinski definition) is 7. The number of anilines is 1. The number of imidazole rings is 1. The van der Waals surface area contributed by atoms with Crippen molar-refractivity contribution in [3.05, 3.63) is 29.9 Å². The normalized spacial score (nSPS) is 17.3. The number of nitrogens with zero attached hydrogens (tertiary/aromatic N) is 3. The summed E-state index contributed by atoms with van der Waals surface area (Å²) in [5.74, 6) is -0.0532. The molecule has 176 valence electrons. The second-order valence-electron chi connectivity index (χ2n) is 9.05. The first-order valence-corrected chi connectivity index (χ1v) is 10.5. The average Bonchev–Trinajstić information content (AvgIpc) is 3.40. The summed E-state index contributed by atoms with van der Waals surface area (Å²) in [6, 6.07) is 2.67. The van der Waals surface area contributed by atoms with E-state index in [9.17, 15) is 13.6 Å². The van der Waals surface area contributed by atoms with Crippen LogP contribution in [0.5, 0.6) is 11.5 Å². The fourth-order valence-electron chi connectivity index (χ4n) is 3.48. The summed E-state index contributed by atoms with van der Waals surface area (Å²) in [4.78, 5) is 24.6. The molecule has 3 heterocycles. The number of carbonyl (C=O) groups is 1. The van der Waals surface area contributed by atoms with E-state index in [1.165, 1.54) is 12.1 Å². The number of hydrogen-bond donors (Lipinski definition) is 2. The Labute approximate surface area is 188 Å². The maximum Gasteiger partial charge on any atom is 0.586 e. The SMILES string of the molecule is C/C=C(/c1noc(C(C)(C)C)n1)C(C)C(C)C(=O)Nc1nc2cc3c(cc2[nH]1)OC(F)(F)O3. The van der Waals surface area contributed by atoms with Crippen LogP contribution < -0.4 is 14.8 Å². The maximum absolute atomic E-state index is 13.2. The highest BCUT2D eigenvalue weighted by Gasteiger charge is 2.43. The van der Waals surface area contributed by atoms with Gasteiger partial charge in [-0.1, -0.05) is 45.9 Å². The zero-order valence-electron chi connectivity index (χ0n) is 19.1. The first-order chi connectivity index (χ1) is 15.4. The van der Waals surface area contributed by atoms with Crippen molar-refractivity contribution in [3.63, 3.8) is 0 Å². The van der Waals surface area contributed by atoms with E-state index in [1.807, 2.05) is 40.7 Å². The van der Waals surface area contributed by atoms with E-state index in [4.69, 9.17) is 4.52 Å². The van der Waals surface area contributed by atoms with E-state index >= 15 is 0 Å². The fourth-order valence-corrected chi connectivity index (χ4v) is 3.48. The number of fused-ring (bicyclic) bond motifs is 2. The Balaban J connectivity index is 1.49. The van der Waals surface area contributed by atoms with Crippen molar-refractivity contribution in [2.75, 3.05) is 5.32 Å². The molecule has 0 aliphatic carbocycles. The zero-order chi connectivity index (χ0) is 24.1. The monoisotopic (exact) mass is 461 g/mol. The molecule has 4 rings (SSSR count). The van der Waals surface area contributed by atoms with Crippen LogP contribution in [0, 0.1) is 11.8 Å². The number of benzene rings is 1. The molecule has 0 spiro atoms. The summed E-state index contributed by atoms with van der Waals surface area (Å²) in [7, 11) is 0. The highest BCUT2D eigenvalue weighted by atomic mass is 19.3. The van der Waals surface area contributed by atoms with Crippen LogP contribution >= 0.6 is 0 Å². The van der Waals surface area contributed by atoms with E-state index < -0.39 is 12.2 Å². The molecule has 0 bridgehead atoms. The van der Waals surface area contributed by atoms with Gasteiger partial charge in [0.15, 0.2) is 17.3 Å². The van der Waals surface area contributed by atoms with Crippen molar-refractivity contribution in [2.45, 2.75) is 53.3 Å². The fraction of sp³-hybridized carbons (Fsp3) is 0.455. The molecule has 0 fully saturated rings. The van der Waals surface area contributed by atoms with Crippen LogP contribution in [0.25, 0.3) is 16.6 Å². The van der Waals surface area contributed by atoms with Gasteiger partial charge in [-0.15, -0.1) is 8.78 Å². The number of allylic oxidation sites excluding steroid dienone is 2. The van der Waals surface area contributed by atoms with E-state index in [-0.39, 0.29) is 34.7 Å². The molecule has 2 aromatic heterocycles. The Morgan fingerprint density at radius 2 is 1.82 bits per heavy atom. The zero-order valence-corrected chi connectivity index (χ0v) is 19.1. The van der Waals surface area contributed by atoms with Crippen molar-refractivity contribution in [1.82, 2.24) is 20.1 Å². The van der Waals surface area contributed by atoms with E-state index in [1.54, 1.807) is 6.92 Å². The van der Waals surface area contributed by atoms with Crippen LogP contribution in [0.15, 0.2) is 22.7 Å². The van der Waals surface area contributed by atoms with Gasteiger partial charge in [-0.05, 0) is 18.4 Å². The van der Waals surface area contributed by atoms with Crippen LogP contribution in [0.3, 0.4) is 0 Å². The van der Waals surface area contributed by atoms with Gasteiger partial charge >= 0.3 is 6.29 Å². The molecule has 33 heavy (non-hydrogen) atoms. The minimum atomic E-state index is -3.71. The minimum Gasteiger partial charge on any atom is -0.395 e. The van der Waals surface area contributed by atoms with Crippen molar-refractivity contribution < 1.29 is 27.6 Å². The maximum atomic E-state index is 13.2. The Bertz CT molecular complexity index is 1200. The summed E-state index contributed by atoms with van der Waals surface area (Å²) in [6.07, 6.45) is -1.84. The Morgan fingerprint density at radius 3 is 2.42 bits per heavy atom. The highest BCUT2D eigenvalue weighted by molar-refractivity contribution is 5.94. The molecule has 2 unspecified atom stereocenters. The Hall–Kier alpha value is -3.50. The number of aromatic amines is 1. The highest BCUT2D eigenvalue weighted by Crippen LogP contribution is 2.43. The van der Waals surface area contributed by atoms with Crippen molar-refractivity contribution in [2.24, 2.45) is 11.8 Å². The Morgan fingerprint density at radius 1 is 1.15 bits per heavy atom. The molecule has 1 amide bonds. The number of rotatable bonds is 5. The molecule has 1 aromatic carbocycles. The van der Waals surface area contributed by atoms with Crippen LogP contribution in [-0.4, -0.2) is 32.3 Å². The van der Waals surface area contributed by atoms with Crippen molar-refractivity contribution in [3.8, 4) is 11.5 Å². The predicted molar refractivity (Wildman–Crippen MR) is 116 cm³/mol. The van der Waals surface area contributed by atoms with Crippen LogP contribution in [-0.2, 0) is 10.2 Å². The third-order valence-corrected chi connectivity index (χ3v) is 5.54. The van der Waals surface area contributed by atoms with E-state index in [0.717, 1.165) is 5.57 Å². The van der Waals surface area contributed by atoms with Gasteiger partial charge in [-0.2, -0.15) is 4.98 Å². The molecule has 9 nitrogen and oxygen atoms in total. The van der Waals surface area contributed by atoms with Gasteiger partial charge in [0.1, 0.15) is 0 Å². The second kappa shape index (κ2) is 7.82. The topological polar surface area (TPSA) is 115 Å². The molecule has 2 atom stereocenters. The molecule has 0 saturated carbocycles. The number of amides is 1. The molecule has 0 radical (unpaired) electrons. The second-order valence-corrected chi connectivity index (χ2v) is 9.05. The smallest absolute Gasteiger partial charge is 0.395 e. The first-order valence-electron chi connectivity index (χ1n) is 10.5. The van der Waals surface area contributed by atoms with Gasteiger partial charge in [0.05, 0.1) is 11.0 Å². The molecule has 1 aliphatic heterocycles. The summed E-state index contributed by atoms with van der Waals surface area (Å²) in [6.45, 7) is 11.5. The van der Waals surface area contributed by atoms with Crippen molar-refractivity contribution >= 4 is 28.5 Å². The summed E-state index contributed by atoms with van der Waals surface area (Å²) < 4.78 is 40.8. The van der Waals surface area contributed by atoms with Gasteiger partial charge in [0, 0.05) is 23.5 Å². The van der Waals surface area contributed by atoms with Crippen LogP contribution in [0.1, 0.15) is 53.3 Å². The van der Waals surface area contributed by atoms with Gasteiger partial charge in [0.2, 0.25) is 17.7 Å². The largest absolute Gasteiger partial charge is 0.586 e. The minimum absolute atomic E-state index is 0.108. The molecule has 1 aliphatic rings. The third-order valence-electron chi connectivity index (χ3n) is 5.54. The average molecular weight is 461 g/mol. The third kappa shape index (κ3) is 4.39. The number of halogens is 2. The number of H-pyrrole nitrogens is 1. The number of carbonyl (C=O) groups excluding carboxylic acids is 1. The molecule has 11 heteroatoms. The predicted octanol–water partition coefficient (Wildman–Crippen LogP) is 4.88. The molecule has 0 saturated heterocycles. The number of aromatic nitrogens is 4. The van der Waals surface area contributed by atoms with Gasteiger partial charge in [-0.25, -0.2) is 4.98 Å². The summed E-state index contributed by atoms with van der Waals surface area (Å²) >= 11 is 0. The van der Waals surface area contributed by atoms with Gasteiger partial charge in [0.25, 0.3) is 0 Å². The van der Waals surface area contributed by atoms with E-state index in [2.05, 4.69) is 34.9 Å². The molecular formula is C22H25F2N5O4. The lowest BCUT2D eigenvalue weighted by atomic mass is 9.87. The lowest BCUT2D eigenvalue weighted by Gasteiger charge is -2.20. The van der Waals surface area contributed by atoms with Gasteiger partial charge in [-0.3, -0.25) is 10.1 Å². The standard InChI is InChI=1S/C22H25F2N5O4/c1-7-12(17-27-19(33-29-17)21(4,5)6)10(2)11(3)18(30)28-20-25-13-8-15-16(9-14(13)26-20)32-22(23,24)31-15/h7-11H,1-6H3,(H2,25,26,28,30)/b12-7+. The summed E-state index contributed by atoms with van der Waals surface area (Å²) in [5.41, 5.74) is 1.26. The number of alkyl halides is 2. The molecule has 3 aromatic rings. The lowest BCUT2D eigenvalue weighted by Crippen LogP contribution is -2.27. The first kappa shape index (κ1) is 22.7. The molecule has 2 N–H and O–H groups in total. The van der Waals surface area contributed by atoms with Gasteiger partial charge < -0.3 is 19.0 Å². The molecular weight excluding hydrogens is 436 g/mol. The quantitative estimate of drug-likeness (QED) is 0.556. The van der Waals surface area contributed by atoms with Crippen molar-refractivity contribution in [1.29, 1.82) is 0 Å². The van der Waals surface area contributed by atoms with E-state index in [0.29, 0.717) is 22.7 Å². The summed E-state index contributed by atoms with van der Waals surface area (Å²) in [5, 5.41) is 6.82.